The number of carboxylic acids is 1. The number of pyridine rings is 1. The van der Waals surface area contributed by atoms with Gasteiger partial charge in [0, 0.05) is 10.4 Å². The second-order valence-corrected chi connectivity index (χ2v) is 7.32. The van der Waals surface area contributed by atoms with Gasteiger partial charge in [0.15, 0.2) is 17.8 Å². The van der Waals surface area contributed by atoms with Gasteiger partial charge in [0.25, 0.3) is 5.91 Å². The molecule has 0 bridgehead atoms. The number of anilines is 1. The Labute approximate surface area is 184 Å². The molecule has 1 aromatic carbocycles. The van der Waals surface area contributed by atoms with Gasteiger partial charge in [-0.15, -0.1) is 0 Å². The Kier molecular flexibility index (Phi) is 6.99. The quantitative estimate of drug-likeness (QED) is 0.516. The van der Waals surface area contributed by atoms with Crippen molar-refractivity contribution in [2.75, 3.05) is 11.9 Å². The highest BCUT2D eigenvalue weighted by Crippen LogP contribution is 2.27. The van der Waals surface area contributed by atoms with E-state index in [-0.39, 0.29) is 11.9 Å². The van der Waals surface area contributed by atoms with E-state index in [0.29, 0.717) is 22.3 Å². The van der Waals surface area contributed by atoms with Crippen LogP contribution < -0.4 is 10.6 Å². The molecule has 3 aromatic rings. The second kappa shape index (κ2) is 9.53. The molecule has 170 valence electrons. The van der Waals surface area contributed by atoms with E-state index in [9.17, 15) is 18.0 Å². The zero-order valence-corrected chi connectivity index (χ0v) is 17.4. The molecule has 1 amide bonds. The standard InChI is InChI=1S/C18H17ClN4O2.C2HF3O2/c1-10-12(19)6-4-11-5-7-14(22-15(10)11)23-18(24)16-17(25-9-21-16)13-3-2-8-20-13;3-2(4,5)1(6)7/h4-7,9,13,20H,2-3,8H2,1H3,(H,22,23,24);(H,6,7). The predicted octanol–water partition coefficient (Wildman–Crippen LogP) is 4.49. The third-order valence-corrected chi connectivity index (χ3v) is 5.13. The number of fused-ring (bicyclic) bond motifs is 1. The van der Waals surface area contributed by atoms with Gasteiger partial charge in [-0.25, -0.2) is 14.8 Å². The Bertz CT molecular complexity index is 1140. The molecule has 1 atom stereocenters. The molecule has 0 spiro atoms. The summed E-state index contributed by atoms with van der Waals surface area (Å²) in [5, 5.41) is 14.9. The van der Waals surface area contributed by atoms with E-state index in [0.717, 1.165) is 35.9 Å². The number of aryl methyl sites for hydroxylation is 1. The van der Waals surface area contributed by atoms with E-state index < -0.39 is 12.1 Å². The maximum Gasteiger partial charge on any atom is 0.490 e. The van der Waals surface area contributed by atoms with E-state index in [1.54, 1.807) is 6.07 Å². The molecular weight excluding hydrogens is 453 g/mol. The van der Waals surface area contributed by atoms with Crippen LogP contribution in [-0.2, 0) is 4.79 Å². The highest BCUT2D eigenvalue weighted by Gasteiger charge is 2.38. The van der Waals surface area contributed by atoms with Crippen molar-refractivity contribution in [3.63, 3.8) is 0 Å². The summed E-state index contributed by atoms with van der Waals surface area (Å²) in [6, 6.07) is 7.46. The van der Waals surface area contributed by atoms with Gasteiger partial charge in [0.2, 0.25) is 0 Å². The number of nitrogens with one attached hydrogen (secondary N) is 2. The van der Waals surface area contributed by atoms with Crippen molar-refractivity contribution in [2.24, 2.45) is 0 Å². The van der Waals surface area contributed by atoms with Crippen molar-refractivity contribution < 1.29 is 32.3 Å². The first kappa shape index (κ1) is 23.5. The lowest BCUT2D eigenvalue weighted by Crippen LogP contribution is -2.21. The van der Waals surface area contributed by atoms with Crippen LogP contribution in [0.25, 0.3) is 10.9 Å². The number of hydrogen-bond donors (Lipinski definition) is 3. The summed E-state index contributed by atoms with van der Waals surface area (Å²) in [5.41, 5.74) is 1.94. The highest BCUT2D eigenvalue weighted by atomic mass is 35.5. The molecule has 1 fully saturated rings. The van der Waals surface area contributed by atoms with Crippen LogP contribution in [0.2, 0.25) is 5.02 Å². The number of nitrogens with zero attached hydrogens (tertiary/aromatic N) is 2. The number of aromatic nitrogens is 2. The number of carbonyl (C=O) groups is 2. The van der Waals surface area contributed by atoms with Gasteiger partial charge in [-0.2, -0.15) is 13.2 Å². The normalized spacial score (nSPS) is 15.8. The summed E-state index contributed by atoms with van der Waals surface area (Å²) in [6.45, 7) is 2.82. The Morgan fingerprint density at radius 1 is 1.28 bits per heavy atom. The molecule has 0 radical (unpaired) electrons. The fourth-order valence-electron chi connectivity index (χ4n) is 3.13. The number of carbonyl (C=O) groups excluding carboxylic acids is 1. The molecule has 0 aliphatic carbocycles. The molecule has 1 aliphatic heterocycles. The highest BCUT2D eigenvalue weighted by molar-refractivity contribution is 6.32. The van der Waals surface area contributed by atoms with Crippen molar-refractivity contribution >= 4 is 40.2 Å². The van der Waals surface area contributed by atoms with Gasteiger partial charge in [-0.1, -0.05) is 17.7 Å². The minimum atomic E-state index is -5.08. The van der Waals surface area contributed by atoms with Crippen molar-refractivity contribution in [3.8, 4) is 0 Å². The number of hydrogen-bond acceptors (Lipinski definition) is 6. The Morgan fingerprint density at radius 2 is 1.97 bits per heavy atom. The number of carboxylic acid groups (broad SMARTS) is 1. The van der Waals surface area contributed by atoms with Crippen LogP contribution in [0.5, 0.6) is 0 Å². The summed E-state index contributed by atoms with van der Waals surface area (Å²) < 4.78 is 37.2. The molecule has 3 heterocycles. The topological polar surface area (TPSA) is 117 Å². The third-order valence-electron chi connectivity index (χ3n) is 4.72. The Morgan fingerprint density at radius 3 is 2.59 bits per heavy atom. The summed E-state index contributed by atoms with van der Waals surface area (Å²) in [6.07, 6.45) is -1.79. The zero-order chi connectivity index (χ0) is 23.5. The predicted molar refractivity (Wildman–Crippen MR) is 110 cm³/mol. The largest absolute Gasteiger partial charge is 0.490 e. The van der Waals surface area contributed by atoms with Crippen LogP contribution >= 0.6 is 11.6 Å². The number of halogens is 4. The number of aliphatic carboxylic acids is 1. The fourth-order valence-corrected chi connectivity index (χ4v) is 3.28. The lowest BCUT2D eigenvalue weighted by Gasteiger charge is -2.10. The smallest absolute Gasteiger partial charge is 0.475 e. The van der Waals surface area contributed by atoms with E-state index >= 15 is 0 Å². The van der Waals surface area contributed by atoms with Crippen LogP contribution in [0.4, 0.5) is 19.0 Å². The maximum absolute atomic E-state index is 12.6. The lowest BCUT2D eigenvalue weighted by molar-refractivity contribution is -0.192. The molecule has 12 heteroatoms. The monoisotopic (exact) mass is 470 g/mol. The van der Waals surface area contributed by atoms with Crippen LogP contribution in [-0.4, -0.2) is 39.7 Å². The Hall–Kier alpha value is -3.18. The first-order valence-corrected chi connectivity index (χ1v) is 9.80. The Balaban J connectivity index is 0.000000360. The summed E-state index contributed by atoms with van der Waals surface area (Å²) in [4.78, 5) is 30.1. The van der Waals surface area contributed by atoms with Crippen LogP contribution in [0, 0.1) is 6.92 Å². The van der Waals surface area contributed by atoms with E-state index in [1.165, 1.54) is 6.39 Å². The molecule has 4 rings (SSSR count). The minimum Gasteiger partial charge on any atom is -0.475 e. The molecule has 1 saturated heterocycles. The summed E-state index contributed by atoms with van der Waals surface area (Å²) in [5.74, 6) is -2.05. The molecule has 32 heavy (non-hydrogen) atoms. The molecule has 3 N–H and O–H groups in total. The molecule has 8 nitrogen and oxygen atoms in total. The average molecular weight is 471 g/mol. The number of rotatable bonds is 3. The van der Waals surface area contributed by atoms with Gasteiger partial charge in [-0.05, 0) is 50.1 Å². The van der Waals surface area contributed by atoms with E-state index in [1.807, 2.05) is 25.1 Å². The van der Waals surface area contributed by atoms with Crippen LogP contribution in [0.3, 0.4) is 0 Å². The number of oxazole rings is 1. The number of amides is 1. The maximum atomic E-state index is 12.6. The van der Waals surface area contributed by atoms with Gasteiger partial charge in [0.05, 0.1) is 11.6 Å². The van der Waals surface area contributed by atoms with Gasteiger partial charge in [0.1, 0.15) is 5.82 Å². The minimum absolute atomic E-state index is 0.0360. The van der Waals surface area contributed by atoms with Gasteiger partial charge < -0.3 is 20.2 Å². The third kappa shape index (κ3) is 5.35. The van der Waals surface area contributed by atoms with E-state index in [2.05, 4.69) is 20.6 Å². The second-order valence-electron chi connectivity index (χ2n) is 6.91. The molecule has 2 aromatic heterocycles. The SMILES string of the molecule is Cc1c(Cl)ccc2ccc(NC(=O)c3ncoc3C3CCCN3)nc12.O=C(O)C(F)(F)F. The number of alkyl halides is 3. The lowest BCUT2D eigenvalue weighted by atomic mass is 10.1. The number of benzene rings is 1. The average Bonchev–Trinajstić information content (AvgIpc) is 3.42. The van der Waals surface area contributed by atoms with Crippen molar-refractivity contribution in [1.82, 2.24) is 15.3 Å². The van der Waals surface area contributed by atoms with Gasteiger partial charge in [-0.3, -0.25) is 4.79 Å². The first-order chi connectivity index (χ1) is 15.1. The summed E-state index contributed by atoms with van der Waals surface area (Å²) in [7, 11) is 0. The fraction of sp³-hybridized carbons (Fsp3) is 0.300. The zero-order valence-electron chi connectivity index (χ0n) is 16.7. The van der Waals surface area contributed by atoms with Crippen LogP contribution in [0.1, 0.15) is 40.7 Å². The summed E-state index contributed by atoms with van der Waals surface area (Å²) >= 11 is 6.16. The van der Waals surface area contributed by atoms with Crippen molar-refractivity contribution in [2.45, 2.75) is 32.0 Å². The van der Waals surface area contributed by atoms with Gasteiger partial charge >= 0.3 is 12.1 Å². The van der Waals surface area contributed by atoms with E-state index in [4.69, 9.17) is 25.9 Å². The van der Waals surface area contributed by atoms with Crippen LogP contribution in [0.15, 0.2) is 35.1 Å². The first-order valence-electron chi connectivity index (χ1n) is 9.42. The molecule has 1 aliphatic rings. The van der Waals surface area contributed by atoms with Crippen molar-refractivity contribution in [1.29, 1.82) is 0 Å². The molecule has 0 saturated carbocycles. The van der Waals surface area contributed by atoms with Crippen molar-refractivity contribution in [3.05, 3.63) is 52.7 Å². The molecular formula is C20H18ClF3N4O4. The molecule has 1 unspecified atom stereocenters.